The zero-order valence-electron chi connectivity index (χ0n) is 9.28. The van der Waals surface area contributed by atoms with E-state index in [4.69, 9.17) is 4.84 Å². The minimum absolute atomic E-state index is 0.00509. The molecule has 0 aromatic carbocycles. The maximum atomic E-state index is 10.9. The van der Waals surface area contributed by atoms with Crippen molar-refractivity contribution in [3.05, 3.63) is 18.0 Å². The Hall–Kier alpha value is -2.09. The maximum absolute atomic E-state index is 10.9. The average Bonchev–Trinajstić information content (AvgIpc) is 3.02. The SMILES string of the molecule is O=CNc1nc(/C(C=O)=N/OC2C=CCC2)ns1. The molecule has 94 valence electrons. The van der Waals surface area contributed by atoms with Crippen molar-refractivity contribution in [2.75, 3.05) is 5.32 Å². The van der Waals surface area contributed by atoms with Crippen molar-refractivity contribution in [2.24, 2.45) is 5.16 Å². The van der Waals surface area contributed by atoms with Crippen molar-refractivity contribution in [1.29, 1.82) is 0 Å². The molecule has 1 heterocycles. The normalized spacial score (nSPS) is 18.7. The van der Waals surface area contributed by atoms with Crippen LogP contribution in [0.15, 0.2) is 17.3 Å². The maximum Gasteiger partial charge on any atom is 0.213 e. The Bertz CT molecular complexity index is 497. The number of hydrogen-bond acceptors (Lipinski definition) is 7. The summed E-state index contributed by atoms with van der Waals surface area (Å²) in [5.74, 6) is 0.140. The molecule has 0 bridgehead atoms. The Morgan fingerprint density at radius 1 is 1.61 bits per heavy atom. The standard InChI is InChI=1S/C10H10N4O3S/c15-5-8(13-17-7-3-1-2-4-7)9-12-10(11-6-16)18-14-9/h1,3,5-7H,2,4H2,(H,11,12,14,16)/b13-8+. The van der Waals surface area contributed by atoms with E-state index in [1.807, 2.05) is 12.2 Å². The van der Waals surface area contributed by atoms with Crippen LogP contribution < -0.4 is 5.32 Å². The second-order valence-corrected chi connectivity index (χ2v) is 4.18. The molecule has 8 heteroatoms. The highest BCUT2D eigenvalue weighted by Crippen LogP contribution is 2.14. The van der Waals surface area contributed by atoms with Crippen LogP contribution in [0.1, 0.15) is 18.7 Å². The van der Waals surface area contributed by atoms with Crippen LogP contribution in [0.2, 0.25) is 0 Å². The number of oxime groups is 1. The van der Waals surface area contributed by atoms with Crippen molar-refractivity contribution in [3.8, 4) is 0 Å². The van der Waals surface area contributed by atoms with Gasteiger partial charge in [0.25, 0.3) is 0 Å². The molecule has 0 spiro atoms. The Kier molecular flexibility index (Phi) is 4.13. The van der Waals surface area contributed by atoms with Gasteiger partial charge in [0, 0.05) is 11.5 Å². The minimum Gasteiger partial charge on any atom is -0.388 e. The molecule has 1 aromatic heterocycles. The molecule has 2 rings (SSSR count). The van der Waals surface area contributed by atoms with Crippen LogP contribution in [0, 0.1) is 0 Å². The summed E-state index contributed by atoms with van der Waals surface area (Å²) in [6.07, 6.45) is 6.57. The van der Waals surface area contributed by atoms with Gasteiger partial charge in [-0.1, -0.05) is 11.2 Å². The Balaban J connectivity index is 2.05. The van der Waals surface area contributed by atoms with E-state index in [0.29, 0.717) is 17.8 Å². The van der Waals surface area contributed by atoms with E-state index in [1.54, 1.807) is 0 Å². The smallest absolute Gasteiger partial charge is 0.213 e. The fourth-order valence-electron chi connectivity index (χ4n) is 1.37. The van der Waals surface area contributed by atoms with Gasteiger partial charge in [-0.25, -0.2) is 0 Å². The highest BCUT2D eigenvalue weighted by atomic mass is 32.1. The van der Waals surface area contributed by atoms with E-state index in [2.05, 4.69) is 19.8 Å². The Morgan fingerprint density at radius 2 is 2.50 bits per heavy atom. The number of aromatic nitrogens is 2. The molecule has 1 amide bonds. The molecule has 1 unspecified atom stereocenters. The summed E-state index contributed by atoms with van der Waals surface area (Å²) in [6.45, 7) is 0. The topological polar surface area (TPSA) is 93.5 Å². The molecule has 18 heavy (non-hydrogen) atoms. The average molecular weight is 266 g/mol. The largest absolute Gasteiger partial charge is 0.388 e. The zero-order chi connectivity index (χ0) is 12.8. The number of rotatable bonds is 6. The molecule has 1 N–H and O–H groups in total. The van der Waals surface area contributed by atoms with Crippen LogP contribution in [-0.4, -0.2) is 33.9 Å². The predicted molar refractivity (Wildman–Crippen MR) is 65.4 cm³/mol. The summed E-state index contributed by atoms with van der Waals surface area (Å²) >= 11 is 0.963. The molecule has 1 aromatic rings. The van der Waals surface area contributed by atoms with Gasteiger partial charge in [-0.2, -0.15) is 9.36 Å². The van der Waals surface area contributed by atoms with Crippen molar-refractivity contribution in [3.63, 3.8) is 0 Å². The van der Waals surface area contributed by atoms with Gasteiger partial charge in [0.1, 0.15) is 6.10 Å². The number of carbonyl (C=O) groups is 2. The number of aldehydes is 1. The zero-order valence-corrected chi connectivity index (χ0v) is 10.1. The van der Waals surface area contributed by atoms with E-state index >= 15 is 0 Å². The van der Waals surface area contributed by atoms with Gasteiger partial charge in [0.05, 0.1) is 0 Å². The lowest BCUT2D eigenvalue weighted by Gasteiger charge is -2.04. The minimum atomic E-state index is -0.105. The van der Waals surface area contributed by atoms with Gasteiger partial charge >= 0.3 is 0 Å². The van der Waals surface area contributed by atoms with Gasteiger partial charge in [-0.3, -0.25) is 9.59 Å². The number of carbonyl (C=O) groups excluding carboxylic acids is 2. The third-order valence-electron chi connectivity index (χ3n) is 2.20. The van der Waals surface area contributed by atoms with Crippen LogP contribution in [-0.2, 0) is 14.4 Å². The van der Waals surface area contributed by atoms with E-state index in [-0.39, 0.29) is 17.6 Å². The molecule has 0 radical (unpaired) electrons. The number of anilines is 1. The van der Waals surface area contributed by atoms with E-state index < -0.39 is 0 Å². The molecular weight excluding hydrogens is 256 g/mol. The lowest BCUT2D eigenvalue weighted by atomic mass is 10.3. The van der Waals surface area contributed by atoms with Gasteiger partial charge in [-0.15, -0.1) is 0 Å². The second kappa shape index (κ2) is 6.01. The first-order valence-corrected chi connectivity index (χ1v) is 6.00. The van der Waals surface area contributed by atoms with Crippen LogP contribution >= 0.6 is 11.5 Å². The lowest BCUT2D eigenvalue weighted by Crippen LogP contribution is -2.09. The first-order valence-electron chi connectivity index (χ1n) is 5.23. The monoisotopic (exact) mass is 266 g/mol. The first-order chi connectivity index (χ1) is 8.83. The molecule has 0 saturated heterocycles. The predicted octanol–water partition coefficient (Wildman–Crippen LogP) is 0.745. The Labute approximate surface area is 107 Å². The number of nitrogens with one attached hydrogen (secondary N) is 1. The first kappa shape index (κ1) is 12.4. The van der Waals surface area contributed by atoms with Crippen LogP contribution in [0.4, 0.5) is 5.13 Å². The number of allylic oxidation sites excluding steroid dienone is 1. The molecule has 0 aliphatic heterocycles. The Morgan fingerprint density at radius 3 is 3.17 bits per heavy atom. The van der Waals surface area contributed by atoms with Crippen molar-refractivity contribution in [1.82, 2.24) is 9.36 Å². The summed E-state index contributed by atoms with van der Waals surface area (Å²) < 4.78 is 3.90. The third kappa shape index (κ3) is 2.98. The van der Waals surface area contributed by atoms with E-state index in [9.17, 15) is 9.59 Å². The molecule has 0 saturated carbocycles. The molecule has 1 aliphatic carbocycles. The van der Waals surface area contributed by atoms with Gasteiger partial charge in [0.15, 0.2) is 17.8 Å². The van der Waals surface area contributed by atoms with Crippen LogP contribution in [0.25, 0.3) is 0 Å². The summed E-state index contributed by atoms with van der Waals surface area (Å²) in [5.41, 5.74) is 0.00509. The van der Waals surface area contributed by atoms with E-state index in [0.717, 1.165) is 24.4 Å². The summed E-state index contributed by atoms with van der Waals surface area (Å²) in [6, 6.07) is 0. The molecule has 0 fully saturated rings. The number of amides is 1. The van der Waals surface area contributed by atoms with Gasteiger partial charge < -0.3 is 10.2 Å². The molecule has 1 atom stereocenters. The highest BCUT2D eigenvalue weighted by Gasteiger charge is 2.14. The van der Waals surface area contributed by atoms with Gasteiger partial charge in [-0.05, 0) is 18.9 Å². The van der Waals surface area contributed by atoms with E-state index in [1.165, 1.54) is 0 Å². The molecule has 1 aliphatic rings. The quantitative estimate of drug-likeness (QED) is 0.355. The fourth-order valence-corrected chi connectivity index (χ4v) is 1.90. The van der Waals surface area contributed by atoms with Crippen molar-refractivity contribution < 1.29 is 14.4 Å². The van der Waals surface area contributed by atoms with Gasteiger partial charge in [0.2, 0.25) is 11.5 Å². The highest BCUT2D eigenvalue weighted by molar-refractivity contribution is 7.10. The van der Waals surface area contributed by atoms with Crippen molar-refractivity contribution >= 4 is 35.1 Å². The lowest BCUT2D eigenvalue weighted by molar-refractivity contribution is -0.105. The second-order valence-electron chi connectivity index (χ2n) is 3.43. The fraction of sp³-hybridized carbons (Fsp3) is 0.300. The third-order valence-corrected chi connectivity index (χ3v) is 2.85. The summed E-state index contributed by atoms with van der Waals surface area (Å²) in [4.78, 5) is 30.2. The van der Waals surface area contributed by atoms with Crippen LogP contribution in [0.5, 0.6) is 0 Å². The molecule has 7 nitrogen and oxygen atoms in total. The summed E-state index contributed by atoms with van der Waals surface area (Å²) in [5, 5.41) is 6.38. The van der Waals surface area contributed by atoms with Crippen molar-refractivity contribution in [2.45, 2.75) is 18.9 Å². The molecular formula is C10H10N4O3S. The summed E-state index contributed by atoms with van der Waals surface area (Å²) in [7, 11) is 0. The number of nitrogens with zero attached hydrogens (tertiary/aromatic N) is 3. The number of hydrogen-bond donors (Lipinski definition) is 1. The van der Waals surface area contributed by atoms with Crippen LogP contribution in [0.3, 0.4) is 0 Å².